The predicted octanol–water partition coefficient (Wildman–Crippen LogP) is 4.92. The van der Waals surface area contributed by atoms with E-state index in [1.54, 1.807) is 4.90 Å². The first-order valence-electron chi connectivity index (χ1n) is 9.21. The number of thioether (sulfide) groups is 1. The van der Waals surface area contributed by atoms with E-state index in [1.807, 2.05) is 57.2 Å². The number of amidine groups is 1. The maximum Gasteiger partial charge on any atom is 0.271 e. The Morgan fingerprint density at radius 3 is 2.71 bits per heavy atom. The molecule has 6 heteroatoms. The van der Waals surface area contributed by atoms with Gasteiger partial charge in [0.2, 0.25) is 6.79 Å². The third-order valence-electron chi connectivity index (χ3n) is 4.69. The number of rotatable bonds is 3. The SMILES string of the molecule is Cc1cccc(N2C(=O)/C(=C/c3ccc4c(c3)OCO4)S/C2=N\C(C)C)c1C. The van der Waals surface area contributed by atoms with Gasteiger partial charge in [-0.3, -0.25) is 14.7 Å². The summed E-state index contributed by atoms with van der Waals surface area (Å²) in [7, 11) is 0. The molecule has 0 atom stereocenters. The van der Waals surface area contributed by atoms with Crippen LogP contribution in [0.1, 0.15) is 30.5 Å². The second-order valence-electron chi connectivity index (χ2n) is 7.09. The van der Waals surface area contributed by atoms with Crippen LogP contribution in [0.3, 0.4) is 0 Å². The van der Waals surface area contributed by atoms with E-state index >= 15 is 0 Å². The van der Waals surface area contributed by atoms with Crippen LogP contribution >= 0.6 is 11.8 Å². The maximum absolute atomic E-state index is 13.3. The number of hydrogen-bond donors (Lipinski definition) is 0. The van der Waals surface area contributed by atoms with Crippen LogP contribution < -0.4 is 14.4 Å². The van der Waals surface area contributed by atoms with Crippen molar-refractivity contribution < 1.29 is 14.3 Å². The molecule has 2 aliphatic heterocycles. The number of carbonyl (C=O) groups excluding carboxylic acids is 1. The second-order valence-corrected chi connectivity index (χ2v) is 8.10. The quantitative estimate of drug-likeness (QED) is 0.694. The maximum atomic E-state index is 13.3. The van der Waals surface area contributed by atoms with Crippen LogP contribution in [0.5, 0.6) is 11.5 Å². The summed E-state index contributed by atoms with van der Waals surface area (Å²) in [5, 5.41) is 0.709. The number of aryl methyl sites for hydroxylation is 1. The number of benzene rings is 2. The van der Waals surface area contributed by atoms with Gasteiger partial charge in [-0.2, -0.15) is 0 Å². The van der Waals surface area contributed by atoms with E-state index in [0.717, 1.165) is 28.1 Å². The van der Waals surface area contributed by atoms with E-state index in [0.29, 0.717) is 15.8 Å². The highest BCUT2D eigenvalue weighted by molar-refractivity contribution is 8.19. The molecule has 0 unspecified atom stereocenters. The highest BCUT2D eigenvalue weighted by Gasteiger charge is 2.35. The van der Waals surface area contributed by atoms with Gasteiger partial charge >= 0.3 is 0 Å². The van der Waals surface area contributed by atoms with Crippen molar-refractivity contribution in [2.75, 3.05) is 11.7 Å². The molecule has 4 rings (SSSR count). The molecule has 2 aromatic carbocycles. The molecule has 1 fully saturated rings. The predicted molar refractivity (Wildman–Crippen MR) is 114 cm³/mol. The number of aliphatic imine (C=N–C) groups is 1. The number of anilines is 1. The number of carbonyl (C=O) groups is 1. The lowest BCUT2D eigenvalue weighted by Crippen LogP contribution is -2.30. The molecule has 0 radical (unpaired) electrons. The molecule has 2 heterocycles. The van der Waals surface area contributed by atoms with Crippen molar-refractivity contribution in [2.45, 2.75) is 33.7 Å². The Morgan fingerprint density at radius 1 is 1.14 bits per heavy atom. The van der Waals surface area contributed by atoms with E-state index in [4.69, 9.17) is 14.5 Å². The second kappa shape index (κ2) is 7.36. The van der Waals surface area contributed by atoms with Gasteiger partial charge in [0.1, 0.15) is 0 Å². The van der Waals surface area contributed by atoms with Crippen LogP contribution in [0.15, 0.2) is 46.3 Å². The Balaban J connectivity index is 1.75. The van der Waals surface area contributed by atoms with E-state index in [1.165, 1.54) is 11.8 Å². The van der Waals surface area contributed by atoms with Gasteiger partial charge in [0.25, 0.3) is 5.91 Å². The summed E-state index contributed by atoms with van der Waals surface area (Å²) in [5.41, 5.74) is 4.00. The van der Waals surface area contributed by atoms with Gasteiger partial charge in [-0.25, -0.2) is 0 Å². The van der Waals surface area contributed by atoms with E-state index in [-0.39, 0.29) is 18.7 Å². The lowest BCUT2D eigenvalue weighted by atomic mass is 10.1. The minimum absolute atomic E-state index is 0.0595. The standard InChI is InChI=1S/C22H22N2O3S/c1-13(2)23-22-24(17-7-5-6-14(3)15(17)4)21(25)20(28-22)11-16-8-9-18-19(10-16)27-12-26-18/h5-11,13H,12H2,1-4H3/b20-11-,23-22-. The summed E-state index contributed by atoms with van der Waals surface area (Å²) in [4.78, 5) is 20.4. The fourth-order valence-electron chi connectivity index (χ4n) is 3.13. The van der Waals surface area contributed by atoms with Gasteiger partial charge in [0, 0.05) is 6.04 Å². The molecule has 2 aromatic rings. The minimum Gasteiger partial charge on any atom is -0.454 e. The molecule has 5 nitrogen and oxygen atoms in total. The number of hydrogen-bond acceptors (Lipinski definition) is 5. The molecular formula is C22H22N2O3S. The van der Waals surface area contributed by atoms with E-state index in [9.17, 15) is 4.79 Å². The number of fused-ring (bicyclic) bond motifs is 1. The molecule has 0 bridgehead atoms. The first kappa shape index (κ1) is 18.6. The average Bonchev–Trinajstić information content (AvgIpc) is 3.22. The Hall–Kier alpha value is -2.73. The third kappa shape index (κ3) is 3.40. The van der Waals surface area contributed by atoms with E-state index in [2.05, 4.69) is 13.0 Å². The first-order chi connectivity index (χ1) is 13.4. The number of ether oxygens (including phenoxy) is 2. The molecule has 2 aliphatic rings. The lowest BCUT2D eigenvalue weighted by Gasteiger charge is -2.19. The zero-order valence-electron chi connectivity index (χ0n) is 16.4. The molecule has 144 valence electrons. The van der Waals surface area contributed by atoms with Gasteiger partial charge in [0.15, 0.2) is 16.7 Å². The van der Waals surface area contributed by atoms with Gasteiger partial charge in [-0.15, -0.1) is 0 Å². The van der Waals surface area contributed by atoms with Gasteiger partial charge in [0.05, 0.1) is 10.6 Å². The molecule has 0 N–H and O–H groups in total. The van der Waals surface area contributed by atoms with Crippen LogP contribution in [0.2, 0.25) is 0 Å². The van der Waals surface area contributed by atoms with Crippen molar-refractivity contribution in [1.29, 1.82) is 0 Å². The van der Waals surface area contributed by atoms with Crippen LogP contribution in [-0.4, -0.2) is 23.9 Å². The topological polar surface area (TPSA) is 51.1 Å². The summed E-state index contributed by atoms with van der Waals surface area (Å²) in [6, 6.07) is 11.8. The molecule has 28 heavy (non-hydrogen) atoms. The number of nitrogens with zero attached hydrogens (tertiary/aromatic N) is 2. The summed E-state index contributed by atoms with van der Waals surface area (Å²) < 4.78 is 10.8. The third-order valence-corrected chi connectivity index (χ3v) is 5.67. The van der Waals surface area contributed by atoms with Crippen molar-refractivity contribution in [1.82, 2.24) is 0 Å². The molecule has 0 aliphatic carbocycles. The highest BCUT2D eigenvalue weighted by atomic mass is 32.2. The molecule has 0 saturated carbocycles. The van der Waals surface area contributed by atoms with Crippen molar-refractivity contribution in [3.8, 4) is 11.5 Å². The molecule has 0 spiro atoms. The Labute approximate surface area is 169 Å². The van der Waals surface area contributed by atoms with Crippen LogP contribution in [0.4, 0.5) is 5.69 Å². The van der Waals surface area contributed by atoms with Gasteiger partial charge in [-0.1, -0.05) is 18.2 Å². The van der Waals surface area contributed by atoms with Crippen LogP contribution in [0, 0.1) is 13.8 Å². The van der Waals surface area contributed by atoms with Crippen molar-refractivity contribution in [2.24, 2.45) is 4.99 Å². The number of amides is 1. The average molecular weight is 394 g/mol. The van der Waals surface area contributed by atoms with Gasteiger partial charge < -0.3 is 9.47 Å². The Kier molecular flexibility index (Phi) is 4.89. The Morgan fingerprint density at radius 2 is 1.93 bits per heavy atom. The van der Waals surface area contributed by atoms with Gasteiger partial charge in [-0.05, 0) is 80.4 Å². The molecular weight excluding hydrogens is 372 g/mol. The van der Waals surface area contributed by atoms with Crippen molar-refractivity contribution >= 4 is 34.6 Å². The highest BCUT2D eigenvalue weighted by Crippen LogP contribution is 2.39. The summed E-state index contributed by atoms with van der Waals surface area (Å²) in [6.07, 6.45) is 1.88. The van der Waals surface area contributed by atoms with Crippen molar-refractivity contribution in [3.63, 3.8) is 0 Å². The smallest absolute Gasteiger partial charge is 0.271 e. The Bertz CT molecular complexity index is 1010. The van der Waals surface area contributed by atoms with Crippen LogP contribution in [-0.2, 0) is 4.79 Å². The lowest BCUT2D eigenvalue weighted by molar-refractivity contribution is -0.113. The summed E-state index contributed by atoms with van der Waals surface area (Å²) >= 11 is 1.41. The zero-order valence-corrected chi connectivity index (χ0v) is 17.2. The minimum atomic E-state index is -0.0595. The normalized spacial score (nSPS) is 18.8. The zero-order chi connectivity index (χ0) is 19.8. The van der Waals surface area contributed by atoms with Crippen molar-refractivity contribution in [3.05, 3.63) is 58.0 Å². The molecule has 1 amide bonds. The monoisotopic (exact) mass is 394 g/mol. The summed E-state index contributed by atoms with van der Waals surface area (Å²) in [5.74, 6) is 1.37. The van der Waals surface area contributed by atoms with E-state index < -0.39 is 0 Å². The fraction of sp³-hybridized carbons (Fsp3) is 0.273. The first-order valence-corrected chi connectivity index (χ1v) is 10.0. The van der Waals surface area contributed by atoms with Crippen LogP contribution in [0.25, 0.3) is 6.08 Å². The largest absolute Gasteiger partial charge is 0.454 e. The fourth-order valence-corrected chi connectivity index (χ4v) is 4.23. The summed E-state index contributed by atoms with van der Waals surface area (Å²) in [6.45, 7) is 8.34. The molecule has 1 saturated heterocycles. The molecule has 0 aromatic heterocycles.